The minimum absolute atomic E-state index is 0.173. The van der Waals surface area contributed by atoms with Crippen LogP contribution in [0.4, 0.5) is 0 Å². The summed E-state index contributed by atoms with van der Waals surface area (Å²) >= 11 is 0. The quantitative estimate of drug-likeness (QED) is 0.136. The predicted octanol–water partition coefficient (Wildman–Crippen LogP) is 4.44. The number of rotatable bonds is 15. The van der Waals surface area contributed by atoms with Gasteiger partial charge in [0.2, 0.25) is 0 Å². The number of hydrogen-bond donors (Lipinski definition) is 4. The van der Waals surface area contributed by atoms with Crippen molar-refractivity contribution in [3.8, 4) is 17.2 Å². The van der Waals surface area contributed by atoms with Crippen LogP contribution in [-0.4, -0.2) is 97.2 Å². The first-order valence-electron chi connectivity index (χ1n) is 18.0. The van der Waals surface area contributed by atoms with Gasteiger partial charge in [-0.2, -0.15) is 0 Å². The van der Waals surface area contributed by atoms with E-state index < -0.39 is 67.6 Å². The Kier molecular flexibility index (Phi) is 13.6. The molecule has 0 amide bonds. The molecule has 0 aromatic heterocycles. The van der Waals surface area contributed by atoms with E-state index in [0.717, 1.165) is 16.7 Å². The van der Waals surface area contributed by atoms with Gasteiger partial charge in [0.05, 0.1) is 65.0 Å². The zero-order valence-electron chi connectivity index (χ0n) is 30.9. The second-order valence-electron chi connectivity index (χ2n) is 13.4. The Hall–Kier alpha value is -4.08. The predicted molar refractivity (Wildman–Crippen MR) is 197 cm³/mol. The van der Waals surface area contributed by atoms with Crippen molar-refractivity contribution in [2.75, 3.05) is 27.9 Å². The first-order chi connectivity index (χ1) is 26.3. The monoisotopic (exact) mass is 746 g/mol. The number of hydrogen-bond acceptors (Lipinski definition) is 12. The fourth-order valence-electron chi connectivity index (χ4n) is 7.23. The average Bonchev–Trinajstić information content (AvgIpc) is 3.21. The van der Waals surface area contributed by atoms with E-state index in [1.54, 1.807) is 6.07 Å². The van der Waals surface area contributed by atoms with Gasteiger partial charge in [-0.15, -0.1) is 0 Å². The minimum atomic E-state index is -1.65. The molecule has 4 N–H and O–H groups in total. The first-order valence-corrected chi connectivity index (χ1v) is 18.0. The largest absolute Gasteiger partial charge is 0.496 e. The molecule has 12 nitrogen and oxygen atoms in total. The van der Waals surface area contributed by atoms with Crippen molar-refractivity contribution in [1.82, 2.24) is 0 Å². The van der Waals surface area contributed by atoms with E-state index >= 15 is 0 Å². The highest BCUT2D eigenvalue weighted by molar-refractivity contribution is 5.60. The lowest BCUT2D eigenvalue weighted by atomic mass is 9.85. The van der Waals surface area contributed by atoms with Crippen molar-refractivity contribution in [1.29, 1.82) is 0 Å². The Morgan fingerprint density at radius 2 is 1.00 bits per heavy atom. The summed E-state index contributed by atoms with van der Waals surface area (Å²) < 4.78 is 51.1. The molecule has 4 aromatic carbocycles. The molecule has 0 spiro atoms. The molecular formula is C42H50O12. The molecular weight excluding hydrogens is 696 g/mol. The summed E-state index contributed by atoms with van der Waals surface area (Å²) in [6.07, 6.45) is -10.9. The Balaban J connectivity index is 1.48. The van der Waals surface area contributed by atoms with Crippen molar-refractivity contribution in [3.05, 3.63) is 125 Å². The zero-order valence-corrected chi connectivity index (χ0v) is 30.9. The van der Waals surface area contributed by atoms with Crippen molar-refractivity contribution in [2.24, 2.45) is 0 Å². The summed E-state index contributed by atoms with van der Waals surface area (Å²) in [4.78, 5) is 0. The highest BCUT2D eigenvalue weighted by Crippen LogP contribution is 2.52. The van der Waals surface area contributed by atoms with Crippen LogP contribution < -0.4 is 14.2 Å². The highest BCUT2D eigenvalue weighted by atomic mass is 16.6. The fraction of sp³-hybridized carbons (Fsp3) is 0.429. The molecule has 0 radical (unpaired) electrons. The van der Waals surface area contributed by atoms with Gasteiger partial charge in [-0.3, -0.25) is 0 Å². The van der Waals surface area contributed by atoms with Crippen LogP contribution in [0, 0.1) is 0 Å². The Bertz CT molecular complexity index is 1740. The molecule has 6 rings (SSSR count). The topological polar surface area (TPSA) is 155 Å². The third-order valence-electron chi connectivity index (χ3n) is 10.0. The minimum Gasteiger partial charge on any atom is -0.496 e. The number of ether oxygens (including phenoxy) is 8. The summed E-state index contributed by atoms with van der Waals surface area (Å²) in [5, 5.41) is 42.7. The van der Waals surface area contributed by atoms with Gasteiger partial charge in [0, 0.05) is 6.07 Å². The molecule has 54 heavy (non-hydrogen) atoms. The van der Waals surface area contributed by atoms with Gasteiger partial charge in [0.1, 0.15) is 72.2 Å². The van der Waals surface area contributed by atoms with E-state index in [4.69, 9.17) is 37.9 Å². The zero-order chi connectivity index (χ0) is 38.2. The molecule has 0 bridgehead atoms. The number of aliphatic hydroxyl groups is 4. The summed E-state index contributed by atoms with van der Waals surface area (Å²) in [7, 11) is 4.40. The van der Waals surface area contributed by atoms with E-state index in [-0.39, 0.29) is 30.3 Å². The van der Waals surface area contributed by atoms with E-state index in [0.29, 0.717) is 17.9 Å². The maximum Gasteiger partial charge on any atom is 0.138 e. The molecule has 2 aliphatic heterocycles. The standard InChI is InChI=1S/C42H50O12/c1-25-37(50-22-26-14-8-5-9-15-26)41(51-23-27-16-10-6-11-17-27)42(52-24-28-18-12-7-13-19-28)40(53-25)33-30(48-3)20-29(47-2)32(38(33)49-4)39-36(46)35(45)34(44)31(21-43)54-39/h5-20,25,31,34-37,39-46H,21-24H2,1-4H3/t25-,31+,34-,35-,36+,37+,39-,40+,41+,42+/m0/s1. The third kappa shape index (κ3) is 8.57. The lowest BCUT2D eigenvalue weighted by molar-refractivity contribution is -0.264. The van der Waals surface area contributed by atoms with Crippen LogP contribution in [0.25, 0.3) is 0 Å². The second kappa shape index (κ2) is 18.5. The van der Waals surface area contributed by atoms with Gasteiger partial charge in [-0.25, -0.2) is 0 Å². The normalized spacial score (nSPS) is 28.4. The van der Waals surface area contributed by atoms with Crippen LogP contribution in [-0.2, 0) is 43.5 Å². The van der Waals surface area contributed by atoms with Gasteiger partial charge in [0.15, 0.2) is 0 Å². The summed E-state index contributed by atoms with van der Waals surface area (Å²) in [6, 6.07) is 31.1. The van der Waals surface area contributed by atoms with Crippen molar-refractivity contribution >= 4 is 0 Å². The summed E-state index contributed by atoms with van der Waals surface area (Å²) in [5.41, 5.74) is 3.50. The molecule has 12 heteroatoms. The van der Waals surface area contributed by atoms with E-state index in [2.05, 4.69) is 0 Å². The Morgan fingerprint density at radius 1 is 0.537 bits per heavy atom. The summed E-state index contributed by atoms with van der Waals surface area (Å²) in [5.74, 6) is 0.711. The van der Waals surface area contributed by atoms with Gasteiger partial charge in [-0.05, 0) is 23.6 Å². The third-order valence-corrected chi connectivity index (χ3v) is 10.0. The number of methoxy groups -OCH3 is 3. The van der Waals surface area contributed by atoms with Crippen LogP contribution in [0.5, 0.6) is 17.2 Å². The molecule has 0 aliphatic carbocycles. The molecule has 4 aromatic rings. The fourth-order valence-corrected chi connectivity index (χ4v) is 7.23. The average molecular weight is 747 g/mol. The SMILES string of the molecule is COc1cc(OC)c([C@@H]2O[C@H](CO)[C@H](O)[C@H](O)[C@H]2O)c(OC)c1[C@H]1O[C@@H](C)[C@@H](OCc2ccccc2)[C@@H](OCc2ccccc2)[C@@H]1OCc1ccccc1. The van der Waals surface area contributed by atoms with Gasteiger partial charge in [-0.1, -0.05) is 91.0 Å². The first kappa shape index (κ1) is 39.6. The molecule has 290 valence electrons. The molecule has 2 heterocycles. The lowest BCUT2D eigenvalue weighted by Crippen LogP contribution is -2.56. The molecule has 0 unspecified atom stereocenters. The van der Waals surface area contributed by atoms with Gasteiger partial charge in [0.25, 0.3) is 0 Å². The van der Waals surface area contributed by atoms with Crippen molar-refractivity contribution < 1.29 is 58.3 Å². The molecule has 10 atom stereocenters. The highest BCUT2D eigenvalue weighted by Gasteiger charge is 2.51. The molecule has 2 fully saturated rings. The summed E-state index contributed by atoms with van der Waals surface area (Å²) in [6.45, 7) is 2.07. The van der Waals surface area contributed by atoms with Crippen LogP contribution in [0.15, 0.2) is 97.1 Å². The molecule has 2 saturated heterocycles. The van der Waals surface area contributed by atoms with Crippen molar-refractivity contribution in [3.63, 3.8) is 0 Å². The van der Waals surface area contributed by atoms with Gasteiger partial charge >= 0.3 is 0 Å². The van der Waals surface area contributed by atoms with Crippen LogP contribution in [0.3, 0.4) is 0 Å². The van der Waals surface area contributed by atoms with E-state index in [1.807, 2.05) is 97.9 Å². The van der Waals surface area contributed by atoms with E-state index in [9.17, 15) is 20.4 Å². The lowest BCUT2D eigenvalue weighted by Gasteiger charge is -2.46. The molecule has 2 aliphatic rings. The van der Waals surface area contributed by atoms with Gasteiger partial charge < -0.3 is 58.3 Å². The maximum absolute atomic E-state index is 11.3. The molecule has 0 saturated carbocycles. The van der Waals surface area contributed by atoms with Crippen LogP contribution in [0.2, 0.25) is 0 Å². The maximum atomic E-state index is 11.3. The van der Waals surface area contributed by atoms with E-state index in [1.165, 1.54) is 21.3 Å². The Morgan fingerprint density at radius 3 is 1.46 bits per heavy atom. The Labute approximate surface area is 315 Å². The van der Waals surface area contributed by atoms with Crippen LogP contribution >= 0.6 is 0 Å². The smallest absolute Gasteiger partial charge is 0.138 e. The van der Waals surface area contributed by atoms with Crippen LogP contribution in [0.1, 0.15) is 46.9 Å². The van der Waals surface area contributed by atoms with Crippen molar-refractivity contribution in [2.45, 2.75) is 87.8 Å². The second-order valence-corrected chi connectivity index (χ2v) is 13.4. The number of benzene rings is 4. The number of aliphatic hydroxyl groups excluding tert-OH is 4.